The van der Waals surface area contributed by atoms with Crippen LogP contribution in [0.1, 0.15) is 34.6 Å². The highest BCUT2D eigenvalue weighted by molar-refractivity contribution is 6.30. The Morgan fingerprint density at radius 3 is 2.70 bits per heavy atom. The van der Waals surface area contributed by atoms with E-state index in [-0.39, 0.29) is 18.6 Å². The van der Waals surface area contributed by atoms with Gasteiger partial charge >= 0.3 is 5.97 Å². The first kappa shape index (κ1) is 18.9. The molecule has 3 aromatic rings. The fourth-order valence-electron chi connectivity index (χ4n) is 2.83. The first-order valence-electron chi connectivity index (χ1n) is 8.52. The van der Waals surface area contributed by atoms with Crippen LogP contribution in [0.25, 0.3) is 10.9 Å². The maximum absolute atomic E-state index is 12.5. The Morgan fingerprint density at radius 2 is 1.93 bits per heavy atom. The Bertz CT molecular complexity index is 1000. The van der Waals surface area contributed by atoms with E-state index in [0.29, 0.717) is 27.2 Å². The van der Waals surface area contributed by atoms with Gasteiger partial charge in [-0.15, -0.1) is 0 Å². The monoisotopic (exact) mass is 382 g/mol. The summed E-state index contributed by atoms with van der Waals surface area (Å²) in [5.41, 5.74) is 2.69. The maximum Gasteiger partial charge on any atom is 0.339 e. The van der Waals surface area contributed by atoms with Crippen molar-refractivity contribution in [2.45, 2.75) is 19.9 Å². The third-order valence-corrected chi connectivity index (χ3v) is 4.36. The normalized spacial score (nSPS) is 11.8. The van der Waals surface area contributed by atoms with Gasteiger partial charge < -0.3 is 10.1 Å². The fraction of sp³-hybridized carbons (Fsp3) is 0.190. The number of pyridine rings is 1. The van der Waals surface area contributed by atoms with Gasteiger partial charge in [-0.25, -0.2) is 4.79 Å². The number of amides is 1. The number of fused-ring (bicyclic) bond motifs is 1. The molecule has 2 aromatic carbocycles. The Labute approximate surface area is 162 Å². The summed E-state index contributed by atoms with van der Waals surface area (Å²) in [6.07, 6.45) is 0. The second-order valence-electron chi connectivity index (χ2n) is 6.25. The van der Waals surface area contributed by atoms with Gasteiger partial charge in [0.25, 0.3) is 5.91 Å². The molecule has 0 radical (unpaired) electrons. The molecule has 0 aliphatic heterocycles. The number of benzene rings is 2. The zero-order valence-corrected chi connectivity index (χ0v) is 15.8. The average Bonchev–Trinajstić information content (AvgIpc) is 2.65. The second kappa shape index (κ2) is 8.18. The Balaban J connectivity index is 1.65. The minimum atomic E-state index is -0.553. The molecule has 0 saturated carbocycles. The molecule has 0 bridgehead atoms. The van der Waals surface area contributed by atoms with Crippen LogP contribution in [-0.2, 0) is 9.53 Å². The minimum Gasteiger partial charge on any atom is -0.452 e. The second-order valence-corrected chi connectivity index (χ2v) is 6.69. The first-order valence-corrected chi connectivity index (χ1v) is 8.90. The SMILES string of the molecule is Cc1cc(C(=O)OCC(=O)N[C@H](C)c2cccc(Cl)c2)c2ccccc2n1. The van der Waals surface area contributed by atoms with Crippen molar-refractivity contribution in [3.63, 3.8) is 0 Å². The number of aromatic nitrogens is 1. The van der Waals surface area contributed by atoms with Gasteiger partial charge in [0.2, 0.25) is 0 Å². The first-order chi connectivity index (χ1) is 12.9. The summed E-state index contributed by atoms with van der Waals surface area (Å²) in [6.45, 7) is 3.28. The number of para-hydroxylation sites is 1. The molecular formula is C21H19ClN2O3. The zero-order chi connectivity index (χ0) is 19.4. The summed E-state index contributed by atoms with van der Waals surface area (Å²) in [6, 6.07) is 16.0. The van der Waals surface area contributed by atoms with Crippen LogP contribution in [0.2, 0.25) is 5.02 Å². The van der Waals surface area contributed by atoms with Crippen molar-refractivity contribution in [3.05, 3.63) is 76.4 Å². The highest BCUT2D eigenvalue weighted by atomic mass is 35.5. The fourth-order valence-corrected chi connectivity index (χ4v) is 3.03. The maximum atomic E-state index is 12.5. The third kappa shape index (κ3) is 4.63. The summed E-state index contributed by atoms with van der Waals surface area (Å²) < 4.78 is 5.21. The summed E-state index contributed by atoms with van der Waals surface area (Å²) in [7, 11) is 0. The lowest BCUT2D eigenvalue weighted by molar-refractivity contribution is -0.124. The van der Waals surface area contributed by atoms with E-state index in [1.807, 2.05) is 44.2 Å². The molecular weight excluding hydrogens is 364 g/mol. The number of rotatable bonds is 5. The number of hydrogen-bond donors (Lipinski definition) is 1. The molecule has 27 heavy (non-hydrogen) atoms. The Hall–Kier alpha value is -2.92. The number of nitrogens with one attached hydrogen (secondary N) is 1. The van der Waals surface area contributed by atoms with Gasteiger partial charge in [-0.2, -0.15) is 0 Å². The van der Waals surface area contributed by atoms with Gasteiger partial charge in [0, 0.05) is 16.1 Å². The van der Waals surface area contributed by atoms with E-state index in [1.165, 1.54) is 0 Å². The van der Waals surface area contributed by atoms with Gasteiger partial charge in [0.05, 0.1) is 17.1 Å². The quantitative estimate of drug-likeness (QED) is 0.670. The number of nitrogens with zero attached hydrogens (tertiary/aromatic N) is 1. The van der Waals surface area contributed by atoms with E-state index >= 15 is 0 Å². The molecule has 1 heterocycles. The molecule has 0 aliphatic rings. The predicted octanol–water partition coefficient (Wildman–Crippen LogP) is 4.23. The standard InChI is InChI=1S/C21H19ClN2O3/c1-13-10-18(17-8-3-4-9-19(17)23-13)21(26)27-12-20(25)24-14(2)15-6-5-7-16(22)11-15/h3-11,14H,12H2,1-2H3,(H,24,25)/t14-/m1/s1. The molecule has 0 fully saturated rings. The van der Waals surface area contributed by atoms with E-state index in [2.05, 4.69) is 10.3 Å². The van der Waals surface area contributed by atoms with Gasteiger partial charge in [0.1, 0.15) is 0 Å². The number of carbonyl (C=O) groups is 2. The van der Waals surface area contributed by atoms with Crippen LogP contribution < -0.4 is 5.32 Å². The molecule has 1 N–H and O–H groups in total. The van der Waals surface area contributed by atoms with Crippen molar-refractivity contribution < 1.29 is 14.3 Å². The van der Waals surface area contributed by atoms with E-state index < -0.39 is 5.97 Å². The lowest BCUT2D eigenvalue weighted by Crippen LogP contribution is -2.31. The molecule has 6 heteroatoms. The molecule has 5 nitrogen and oxygen atoms in total. The summed E-state index contributed by atoms with van der Waals surface area (Å²) in [4.78, 5) is 29.0. The minimum absolute atomic E-state index is 0.251. The van der Waals surface area contributed by atoms with Gasteiger partial charge in [0.15, 0.2) is 6.61 Å². The number of ether oxygens (including phenoxy) is 1. The Morgan fingerprint density at radius 1 is 1.15 bits per heavy atom. The van der Waals surface area contributed by atoms with Crippen LogP contribution in [0.5, 0.6) is 0 Å². The van der Waals surface area contributed by atoms with E-state index in [9.17, 15) is 9.59 Å². The van der Waals surface area contributed by atoms with Gasteiger partial charge in [-0.05, 0) is 43.7 Å². The van der Waals surface area contributed by atoms with Crippen LogP contribution in [0.3, 0.4) is 0 Å². The summed E-state index contributed by atoms with van der Waals surface area (Å²) in [5.74, 6) is -0.937. The number of carbonyl (C=O) groups excluding carboxylic acids is 2. The molecule has 138 valence electrons. The molecule has 0 unspecified atom stereocenters. The zero-order valence-electron chi connectivity index (χ0n) is 15.0. The Kier molecular flexibility index (Phi) is 5.72. The molecule has 0 aliphatic carbocycles. The van der Waals surface area contributed by atoms with Crippen molar-refractivity contribution >= 4 is 34.4 Å². The number of aryl methyl sites for hydroxylation is 1. The largest absolute Gasteiger partial charge is 0.452 e. The van der Waals surface area contributed by atoms with Crippen LogP contribution in [0.4, 0.5) is 0 Å². The van der Waals surface area contributed by atoms with Crippen molar-refractivity contribution in [1.82, 2.24) is 10.3 Å². The predicted molar refractivity (Wildman–Crippen MR) is 105 cm³/mol. The topological polar surface area (TPSA) is 68.3 Å². The third-order valence-electron chi connectivity index (χ3n) is 4.12. The number of halogens is 1. The average molecular weight is 383 g/mol. The molecule has 3 rings (SSSR count). The van der Waals surface area contributed by atoms with Crippen LogP contribution >= 0.6 is 11.6 Å². The number of esters is 1. The smallest absolute Gasteiger partial charge is 0.339 e. The van der Waals surface area contributed by atoms with Gasteiger partial charge in [-0.1, -0.05) is 41.9 Å². The lowest BCUT2D eigenvalue weighted by atomic mass is 10.1. The van der Waals surface area contributed by atoms with E-state index in [4.69, 9.17) is 16.3 Å². The lowest BCUT2D eigenvalue weighted by Gasteiger charge is -2.15. The summed E-state index contributed by atoms with van der Waals surface area (Å²) in [5, 5.41) is 4.08. The van der Waals surface area contributed by atoms with E-state index in [0.717, 1.165) is 5.56 Å². The molecule has 1 aromatic heterocycles. The molecule has 0 saturated heterocycles. The highest BCUT2D eigenvalue weighted by Crippen LogP contribution is 2.19. The highest BCUT2D eigenvalue weighted by Gasteiger charge is 2.16. The van der Waals surface area contributed by atoms with E-state index in [1.54, 1.807) is 24.3 Å². The van der Waals surface area contributed by atoms with Crippen molar-refractivity contribution in [2.24, 2.45) is 0 Å². The van der Waals surface area contributed by atoms with Crippen molar-refractivity contribution in [3.8, 4) is 0 Å². The molecule has 1 atom stereocenters. The van der Waals surface area contributed by atoms with Crippen LogP contribution in [0.15, 0.2) is 54.6 Å². The van der Waals surface area contributed by atoms with Crippen molar-refractivity contribution in [2.75, 3.05) is 6.61 Å². The molecule has 1 amide bonds. The van der Waals surface area contributed by atoms with Crippen LogP contribution in [-0.4, -0.2) is 23.5 Å². The molecule has 0 spiro atoms. The van der Waals surface area contributed by atoms with Crippen molar-refractivity contribution in [1.29, 1.82) is 0 Å². The van der Waals surface area contributed by atoms with Crippen LogP contribution in [0, 0.1) is 6.92 Å². The summed E-state index contributed by atoms with van der Waals surface area (Å²) >= 11 is 5.97. The number of hydrogen-bond acceptors (Lipinski definition) is 4. The van der Waals surface area contributed by atoms with Gasteiger partial charge in [-0.3, -0.25) is 9.78 Å².